The Hall–Kier alpha value is -2.79. The molecule has 0 aliphatic rings. The van der Waals surface area contributed by atoms with E-state index >= 15 is 0 Å². The van der Waals surface area contributed by atoms with Gasteiger partial charge in [-0.3, -0.25) is 9.35 Å². The van der Waals surface area contributed by atoms with Gasteiger partial charge in [-0.15, -0.1) is 21.5 Å². The highest BCUT2D eigenvalue weighted by Crippen LogP contribution is 2.29. The minimum absolute atomic E-state index is 0.0519. The molecule has 8 nitrogen and oxygen atoms in total. The average molecular weight is 414 g/mol. The van der Waals surface area contributed by atoms with E-state index in [0.29, 0.717) is 5.52 Å². The van der Waals surface area contributed by atoms with Gasteiger partial charge in [-0.05, 0) is 23.3 Å². The summed E-state index contributed by atoms with van der Waals surface area (Å²) in [5, 5.41) is 7.72. The molecule has 0 saturated carbocycles. The second kappa shape index (κ2) is 7.68. The van der Waals surface area contributed by atoms with Crippen LogP contribution in [0.3, 0.4) is 0 Å². The Balaban J connectivity index is 1.60. The smallest absolute Gasteiger partial charge is 0.291 e. The third-order valence-corrected chi connectivity index (χ3v) is 5.65. The standard InChI is InChI=1S/C18H14N4O4S2/c1-22(28(24)25)10-15-20-21-17(26-15)16(23)18-19-13-8-7-12(9-14(13)27-18)11-5-3-2-4-6-11/h2-9H,10H2,1H3,(H,24,25). The molecule has 0 saturated heterocycles. The number of nitrogens with zero attached hydrogens (tertiary/aromatic N) is 4. The third kappa shape index (κ3) is 3.76. The predicted molar refractivity (Wildman–Crippen MR) is 105 cm³/mol. The number of thiazole rings is 1. The predicted octanol–water partition coefficient (Wildman–Crippen LogP) is 3.15. The van der Waals surface area contributed by atoms with Crippen LogP contribution in [0.5, 0.6) is 0 Å². The van der Waals surface area contributed by atoms with Crippen molar-refractivity contribution in [2.24, 2.45) is 0 Å². The number of hydrogen-bond donors (Lipinski definition) is 1. The molecular formula is C18H14N4O4S2. The fraction of sp³-hybridized carbons (Fsp3) is 0.111. The highest BCUT2D eigenvalue weighted by Gasteiger charge is 2.22. The van der Waals surface area contributed by atoms with Gasteiger partial charge in [0.1, 0.15) is 0 Å². The topological polar surface area (TPSA) is 109 Å². The molecule has 28 heavy (non-hydrogen) atoms. The van der Waals surface area contributed by atoms with Gasteiger partial charge in [0, 0.05) is 7.05 Å². The monoisotopic (exact) mass is 414 g/mol. The fourth-order valence-corrected chi connectivity index (χ4v) is 3.74. The molecule has 0 fully saturated rings. The van der Waals surface area contributed by atoms with Crippen molar-refractivity contribution in [3.63, 3.8) is 0 Å². The lowest BCUT2D eigenvalue weighted by molar-refractivity contribution is 0.1000. The number of carbonyl (C=O) groups is 1. The summed E-state index contributed by atoms with van der Waals surface area (Å²) in [6, 6.07) is 15.8. The summed E-state index contributed by atoms with van der Waals surface area (Å²) in [5.41, 5.74) is 2.83. The average Bonchev–Trinajstić information content (AvgIpc) is 3.34. The second-order valence-electron chi connectivity index (χ2n) is 5.91. The van der Waals surface area contributed by atoms with Crippen molar-refractivity contribution in [2.75, 3.05) is 7.05 Å². The van der Waals surface area contributed by atoms with Crippen LogP contribution in [0.15, 0.2) is 52.9 Å². The van der Waals surface area contributed by atoms with Gasteiger partial charge in [-0.2, -0.15) is 4.31 Å². The van der Waals surface area contributed by atoms with Crippen molar-refractivity contribution in [1.29, 1.82) is 0 Å². The molecule has 0 spiro atoms. The Morgan fingerprint density at radius 1 is 1.18 bits per heavy atom. The number of benzene rings is 2. The molecule has 10 heteroatoms. The molecule has 1 unspecified atom stereocenters. The van der Waals surface area contributed by atoms with E-state index < -0.39 is 17.0 Å². The van der Waals surface area contributed by atoms with Crippen LogP contribution in [0.25, 0.3) is 21.3 Å². The van der Waals surface area contributed by atoms with E-state index in [-0.39, 0.29) is 23.3 Å². The maximum atomic E-state index is 12.6. The van der Waals surface area contributed by atoms with Crippen molar-refractivity contribution in [1.82, 2.24) is 19.5 Å². The summed E-state index contributed by atoms with van der Waals surface area (Å²) in [5.74, 6) is -0.607. The van der Waals surface area contributed by atoms with E-state index in [2.05, 4.69) is 15.2 Å². The van der Waals surface area contributed by atoms with Crippen molar-refractivity contribution in [2.45, 2.75) is 6.54 Å². The first-order valence-electron chi connectivity index (χ1n) is 8.16. The normalized spacial score (nSPS) is 12.5. The molecule has 0 aliphatic heterocycles. The highest BCUT2D eigenvalue weighted by molar-refractivity contribution is 7.76. The molecule has 142 valence electrons. The van der Waals surface area contributed by atoms with Gasteiger partial charge in [0.25, 0.3) is 11.7 Å². The van der Waals surface area contributed by atoms with E-state index in [1.54, 1.807) is 0 Å². The Morgan fingerprint density at radius 2 is 1.96 bits per heavy atom. The van der Waals surface area contributed by atoms with Gasteiger partial charge in [0.2, 0.25) is 17.2 Å². The molecule has 0 radical (unpaired) electrons. The SMILES string of the molecule is CN(Cc1nnc(C(=O)c2nc3ccc(-c4ccccc4)cc3s2)o1)S(=O)O. The van der Waals surface area contributed by atoms with Gasteiger partial charge in [-0.1, -0.05) is 36.4 Å². The Morgan fingerprint density at radius 3 is 2.71 bits per heavy atom. The zero-order chi connectivity index (χ0) is 19.7. The Bertz CT molecular complexity index is 1170. The van der Waals surface area contributed by atoms with Crippen LogP contribution in [-0.2, 0) is 17.8 Å². The quantitative estimate of drug-likeness (QED) is 0.381. The molecule has 1 N–H and O–H groups in total. The lowest BCUT2D eigenvalue weighted by atomic mass is 10.1. The van der Waals surface area contributed by atoms with Gasteiger partial charge in [-0.25, -0.2) is 9.19 Å². The molecular weight excluding hydrogens is 400 g/mol. The highest BCUT2D eigenvalue weighted by atomic mass is 32.2. The van der Waals surface area contributed by atoms with Crippen LogP contribution < -0.4 is 0 Å². The van der Waals surface area contributed by atoms with Crippen molar-refractivity contribution >= 4 is 38.6 Å². The van der Waals surface area contributed by atoms with Crippen molar-refractivity contribution in [3.8, 4) is 11.1 Å². The van der Waals surface area contributed by atoms with Crippen molar-refractivity contribution < 1.29 is 18.0 Å². The molecule has 4 rings (SSSR count). The minimum atomic E-state index is -2.17. The molecule has 0 amide bonds. The van der Waals surface area contributed by atoms with Gasteiger partial charge in [0.15, 0.2) is 5.01 Å². The maximum Gasteiger partial charge on any atom is 0.291 e. The number of fused-ring (bicyclic) bond motifs is 1. The number of carbonyl (C=O) groups excluding carboxylic acids is 1. The first kappa shape index (κ1) is 18.6. The van der Waals surface area contributed by atoms with Gasteiger partial charge >= 0.3 is 0 Å². The molecule has 2 aromatic carbocycles. The molecule has 1 atom stereocenters. The molecule has 4 aromatic rings. The van der Waals surface area contributed by atoms with E-state index in [1.807, 2.05) is 48.5 Å². The van der Waals surface area contributed by atoms with Crippen LogP contribution in [0.1, 0.15) is 21.6 Å². The minimum Gasteiger partial charge on any atom is -0.416 e. The number of rotatable bonds is 6. The van der Waals surface area contributed by atoms with Crippen molar-refractivity contribution in [3.05, 3.63) is 65.3 Å². The summed E-state index contributed by atoms with van der Waals surface area (Å²) < 4.78 is 27.2. The zero-order valence-corrected chi connectivity index (χ0v) is 16.2. The summed E-state index contributed by atoms with van der Waals surface area (Å²) in [4.78, 5) is 17.0. The van der Waals surface area contributed by atoms with Crippen LogP contribution in [0, 0.1) is 0 Å². The number of aromatic nitrogens is 3. The number of ketones is 1. The first-order chi connectivity index (χ1) is 13.5. The zero-order valence-electron chi connectivity index (χ0n) is 14.6. The van der Waals surface area contributed by atoms with E-state index in [9.17, 15) is 9.00 Å². The molecule has 0 bridgehead atoms. The lowest BCUT2D eigenvalue weighted by Gasteiger charge is -2.06. The summed E-state index contributed by atoms with van der Waals surface area (Å²) in [6.45, 7) is -0.0519. The maximum absolute atomic E-state index is 12.6. The lowest BCUT2D eigenvalue weighted by Crippen LogP contribution is -2.19. The van der Waals surface area contributed by atoms with Crippen LogP contribution >= 0.6 is 11.3 Å². The van der Waals surface area contributed by atoms with E-state index in [1.165, 1.54) is 18.4 Å². The summed E-state index contributed by atoms with van der Waals surface area (Å²) in [7, 11) is 1.42. The Labute approximate surface area is 166 Å². The second-order valence-corrected chi connectivity index (χ2v) is 8.03. The van der Waals surface area contributed by atoms with Gasteiger partial charge in [0.05, 0.1) is 16.8 Å². The molecule has 2 aromatic heterocycles. The number of hydrogen-bond acceptors (Lipinski definition) is 7. The van der Waals surface area contributed by atoms with Crippen LogP contribution in [0.2, 0.25) is 0 Å². The van der Waals surface area contributed by atoms with E-state index in [0.717, 1.165) is 20.1 Å². The fourth-order valence-electron chi connectivity index (χ4n) is 2.58. The third-order valence-electron chi connectivity index (χ3n) is 3.98. The molecule has 2 heterocycles. The van der Waals surface area contributed by atoms with Crippen LogP contribution in [0.4, 0.5) is 0 Å². The molecule has 0 aliphatic carbocycles. The van der Waals surface area contributed by atoms with Crippen LogP contribution in [-0.4, -0.2) is 41.1 Å². The summed E-state index contributed by atoms with van der Waals surface area (Å²) in [6.07, 6.45) is 0. The largest absolute Gasteiger partial charge is 0.416 e. The first-order valence-corrected chi connectivity index (χ1v) is 10.0. The Kier molecular flexibility index (Phi) is 5.09. The summed E-state index contributed by atoms with van der Waals surface area (Å²) >= 11 is -0.917. The van der Waals surface area contributed by atoms with E-state index in [4.69, 9.17) is 8.97 Å². The van der Waals surface area contributed by atoms with Gasteiger partial charge < -0.3 is 4.42 Å².